The maximum atomic E-state index is 6.13. The van der Waals surface area contributed by atoms with Gasteiger partial charge in [-0.3, -0.25) is 0 Å². The molecule has 0 aromatic heterocycles. The molecule has 0 saturated heterocycles. The maximum absolute atomic E-state index is 6.13. The van der Waals surface area contributed by atoms with Crippen molar-refractivity contribution >= 4 is 0 Å². The molecule has 1 saturated carbocycles. The van der Waals surface area contributed by atoms with Crippen molar-refractivity contribution in [3.05, 3.63) is 17.7 Å². The SMILES string of the molecule is COc1ccc(C(CN)C2CCC(C)CC2)c(OC)c1OC. The molecule has 2 rings (SSSR count). The van der Waals surface area contributed by atoms with Crippen molar-refractivity contribution in [3.63, 3.8) is 0 Å². The van der Waals surface area contributed by atoms with Crippen LogP contribution < -0.4 is 19.9 Å². The highest BCUT2D eigenvalue weighted by atomic mass is 16.5. The Balaban J connectivity index is 2.36. The summed E-state index contributed by atoms with van der Waals surface area (Å²) in [4.78, 5) is 0. The monoisotopic (exact) mass is 307 g/mol. The van der Waals surface area contributed by atoms with Gasteiger partial charge in [0, 0.05) is 11.5 Å². The van der Waals surface area contributed by atoms with E-state index < -0.39 is 0 Å². The van der Waals surface area contributed by atoms with Crippen LogP contribution in [0, 0.1) is 11.8 Å². The van der Waals surface area contributed by atoms with Crippen LogP contribution in [-0.4, -0.2) is 27.9 Å². The van der Waals surface area contributed by atoms with Gasteiger partial charge in [0.05, 0.1) is 21.3 Å². The van der Waals surface area contributed by atoms with Crippen LogP contribution in [0.25, 0.3) is 0 Å². The number of rotatable bonds is 6. The van der Waals surface area contributed by atoms with Crippen LogP contribution >= 0.6 is 0 Å². The predicted octanol–water partition coefficient (Wildman–Crippen LogP) is 3.58. The fourth-order valence-corrected chi connectivity index (χ4v) is 3.68. The van der Waals surface area contributed by atoms with Crippen LogP contribution in [-0.2, 0) is 0 Å². The van der Waals surface area contributed by atoms with Gasteiger partial charge < -0.3 is 19.9 Å². The van der Waals surface area contributed by atoms with Gasteiger partial charge in [-0.25, -0.2) is 0 Å². The van der Waals surface area contributed by atoms with Gasteiger partial charge >= 0.3 is 0 Å². The zero-order chi connectivity index (χ0) is 16.1. The Labute approximate surface area is 133 Å². The molecule has 1 aromatic carbocycles. The molecule has 0 radical (unpaired) electrons. The van der Waals surface area contributed by atoms with Gasteiger partial charge in [-0.15, -0.1) is 0 Å². The van der Waals surface area contributed by atoms with Gasteiger partial charge in [-0.2, -0.15) is 0 Å². The lowest BCUT2D eigenvalue weighted by Crippen LogP contribution is -2.26. The second-order valence-corrected chi connectivity index (χ2v) is 6.29. The molecule has 1 fully saturated rings. The lowest BCUT2D eigenvalue weighted by Gasteiger charge is -2.33. The van der Waals surface area contributed by atoms with Gasteiger partial charge in [0.25, 0.3) is 0 Å². The Bertz CT molecular complexity index is 481. The Kier molecular flexibility index (Phi) is 5.95. The van der Waals surface area contributed by atoms with E-state index in [0.29, 0.717) is 29.9 Å². The normalized spacial score (nSPS) is 23.0. The van der Waals surface area contributed by atoms with Crippen LogP contribution in [0.3, 0.4) is 0 Å². The molecule has 1 aliphatic rings. The predicted molar refractivity (Wildman–Crippen MR) is 89.0 cm³/mol. The minimum atomic E-state index is 0.308. The van der Waals surface area contributed by atoms with E-state index in [4.69, 9.17) is 19.9 Å². The number of ether oxygens (including phenoxy) is 3. The third-order valence-corrected chi connectivity index (χ3v) is 5.02. The largest absolute Gasteiger partial charge is 0.493 e. The van der Waals surface area contributed by atoms with Crippen molar-refractivity contribution in [2.45, 2.75) is 38.5 Å². The summed E-state index contributed by atoms with van der Waals surface area (Å²) in [6, 6.07) is 4.03. The standard InChI is InChI=1S/C18H29NO3/c1-12-5-7-13(8-6-12)15(11-19)14-9-10-16(20-2)18(22-4)17(14)21-3/h9-10,12-13,15H,5-8,11,19H2,1-4H3. The number of nitrogens with two attached hydrogens (primary N) is 1. The summed E-state index contributed by atoms with van der Waals surface area (Å²) < 4.78 is 16.5. The smallest absolute Gasteiger partial charge is 0.203 e. The zero-order valence-electron chi connectivity index (χ0n) is 14.2. The Morgan fingerprint density at radius 1 is 1.00 bits per heavy atom. The number of methoxy groups -OCH3 is 3. The van der Waals surface area contributed by atoms with Gasteiger partial charge in [0.1, 0.15) is 0 Å². The molecule has 1 atom stereocenters. The second-order valence-electron chi connectivity index (χ2n) is 6.29. The first-order valence-corrected chi connectivity index (χ1v) is 8.15. The number of benzene rings is 1. The fraction of sp³-hybridized carbons (Fsp3) is 0.667. The van der Waals surface area contributed by atoms with E-state index in [1.807, 2.05) is 6.07 Å². The molecule has 124 valence electrons. The molecule has 1 aliphatic carbocycles. The number of hydrogen-bond donors (Lipinski definition) is 1. The first-order chi connectivity index (χ1) is 10.7. The Hall–Kier alpha value is -1.42. The van der Waals surface area contributed by atoms with Crippen LogP contribution in [0.2, 0.25) is 0 Å². The highest BCUT2D eigenvalue weighted by Crippen LogP contribution is 2.46. The van der Waals surface area contributed by atoms with Gasteiger partial charge in [0.2, 0.25) is 5.75 Å². The van der Waals surface area contributed by atoms with Gasteiger partial charge in [-0.05, 0) is 37.3 Å². The summed E-state index contributed by atoms with van der Waals surface area (Å²) in [5.74, 6) is 3.87. The fourth-order valence-electron chi connectivity index (χ4n) is 3.68. The summed E-state index contributed by atoms with van der Waals surface area (Å²) >= 11 is 0. The van der Waals surface area contributed by atoms with E-state index in [1.54, 1.807) is 21.3 Å². The van der Waals surface area contributed by atoms with E-state index in [0.717, 1.165) is 17.2 Å². The molecule has 1 aromatic rings. The molecular weight excluding hydrogens is 278 g/mol. The summed E-state index contributed by atoms with van der Waals surface area (Å²) in [6.07, 6.45) is 5.05. The first kappa shape index (κ1) is 16.9. The van der Waals surface area contributed by atoms with E-state index in [9.17, 15) is 0 Å². The quantitative estimate of drug-likeness (QED) is 0.872. The van der Waals surface area contributed by atoms with Crippen molar-refractivity contribution in [3.8, 4) is 17.2 Å². The van der Waals surface area contributed by atoms with Crippen molar-refractivity contribution in [1.82, 2.24) is 0 Å². The molecule has 4 nitrogen and oxygen atoms in total. The molecule has 0 spiro atoms. The molecule has 4 heteroatoms. The molecule has 1 unspecified atom stereocenters. The van der Waals surface area contributed by atoms with Gasteiger partial charge in [-0.1, -0.05) is 25.8 Å². The molecule has 22 heavy (non-hydrogen) atoms. The Morgan fingerprint density at radius 2 is 1.64 bits per heavy atom. The van der Waals surface area contributed by atoms with Crippen molar-refractivity contribution in [2.24, 2.45) is 17.6 Å². The van der Waals surface area contributed by atoms with Crippen LogP contribution in [0.1, 0.15) is 44.1 Å². The van der Waals surface area contributed by atoms with E-state index >= 15 is 0 Å². The van der Waals surface area contributed by atoms with Crippen LogP contribution in [0.4, 0.5) is 0 Å². The minimum Gasteiger partial charge on any atom is -0.493 e. The lowest BCUT2D eigenvalue weighted by atomic mass is 9.73. The van der Waals surface area contributed by atoms with E-state index in [1.165, 1.54) is 25.7 Å². The molecule has 2 N–H and O–H groups in total. The Morgan fingerprint density at radius 3 is 2.14 bits per heavy atom. The average molecular weight is 307 g/mol. The second kappa shape index (κ2) is 7.73. The average Bonchev–Trinajstić information content (AvgIpc) is 2.56. The van der Waals surface area contributed by atoms with E-state index in [2.05, 4.69) is 13.0 Å². The van der Waals surface area contributed by atoms with E-state index in [-0.39, 0.29) is 0 Å². The molecule has 0 heterocycles. The van der Waals surface area contributed by atoms with Crippen molar-refractivity contribution < 1.29 is 14.2 Å². The lowest BCUT2D eigenvalue weighted by molar-refractivity contribution is 0.250. The van der Waals surface area contributed by atoms with Crippen molar-refractivity contribution in [1.29, 1.82) is 0 Å². The highest BCUT2D eigenvalue weighted by molar-refractivity contribution is 5.57. The van der Waals surface area contributed by atoms with Crippen LogP contribution in [0.5, 0.6) is 17.2 Å². The summed E-state index contributed by atoms with van der Waals surface area (Å²) in [5, 5.41) is 0. The van der Waals surface area contributed by atoms with Gasteiger partial charge in [0.15, 0.2) is 11.5 Å². The molecule has 0 amide bonds. The molecule has 0 bridgehead atoms. The van der Waals surface area contributed by atoms with Crippen LogP contribution in [0.15, 0.2) is 12.1 Å². The third kappa shape index (κ3) is 3.32. The topological polar surface area (TPSA) is 53.7 Å². The summed E-state index contributed by atoms with van der Waals surface area (Å²) in [6.45, 7) is 2.97. The summed E-state index contributed by atoms with van der Waals surface area (Å²) in [5.41, 5.74) is 7.27. The highest BCUT2D eigenvalue weighted by Gasteiger charge is 2.30. The molecular formula is C18H29NO3. The van der Waals surface area contributed by atoms with Crippen molar-refractivity contribution in [2.75, 3.05) is 27.9 Å². The zero-order valence-corrected chi connectivity index (χ0v) is 14.2. The number of hydrogen-bond acceptors (Lipinski definition) is 4. The minimum absolute atomic E-state index is 0.308. The maximum Gasteiger partial charge on any atom is 0.203 e. The third-order valence-electron chi connectivity index (χ3n) is 5.02. The first-order valence-electron chi connectivity index (χ1n) is 8.15. The molecule has 0 aliphatic heterocycles. The summed E-state index contributed by atoms with van der Waals surface area (Å²) in [7, 11) is 4.96.